The number of aryl methyl sites for hydroxylation is 1. The second kappa shape index (κ2) is 8.73. The van der Waals surface area contributed by atoms with Crippen LogP contribution in [0.2, 0.25) is 5.02 Å². The van der Waals surface area contributed by atoms with Gasteiger partial charge in [-0.3, -0.25) is 9.47 Å². The number of benzene rings is 1. The smallest absolute Gasteiger partial charge is 0.411 e. The van der Waals surface area contributed by atoms with Crippen molar-refractivity contribution in [1.29, 1.82) is 0 Å². The molecule has 0 saturated heterocycles. The Kier molecular flexibility index (Phi) is 5.88. The molecule has 34 heavy (non-hydrogen) atoms. The summed E-state index contributed by atoms with van der Waals surface area (Å²) in [5.41, 5.74) is 1.33. The first kappa shape index (κ1) is 22.9. The summed E-state index contributed by atoms with van der Waals surface area (Å²) in [5, 5.41) is 9.77. The lowest BCUT2D eigenvalue weighted by molar-refractivity contribution is 0.0214. The largest absolute Gasteiger partial charge is 0.446 e. The monoisotopic (exact) mass is 483 g/mol. The Morgan fingerprint density at radius 2 is 1.85 bits per heavy atom. The maximum atomic E-state index is 13.0. The summed E-state index contributed by atoms with van der Waals surface area (Å²) in [4.78, 5) is 19.1. The van der Waals surface area contributed by atoms with E-state index in [9.17, 15) is 4.79 Å². The standard InChI is InChI=1S/C25H30ClN5O3/c1-15-12-27-23(33-15)17-7-5-16(6-8-17)22-29-28-21-14-30(24(32)34-25(2,3)4)13-18-11-19(26)9-10-20(18)31(21)22/h9-12,16-17H,5-8,13-14H2,1-4H3/t16-,17-. The van der Waals surface area contributed by atoms with Crippen LogP contribution in [0.4, 0.5) is 4.79 Å². The van der Waals surface area contributed by atoms with Crippen molar-refractivity contribution < 1.29 is 13.9 Å². The molecule has 1 aromatic carbocycles. The van der Waals surface area contributed by atoms with Gasteiger partial charge >= 0.3 is 6.09 Å². The highest BCUT2D eigenvalue weighted by molar-refractivity contribution is 6.30. The number of ether oxygens (including phenoxy) is 1. The SMILES string of the molecule is Cc1cnc([C@H]2CC[C@H](c3nnc4n3-c3ccc(Cl)cc3CN(C(=O)OC(C)(C)C)C4)CC2)o1. The van der Waals surface area contributed by atoms with Crippen LogP contribution in [0.25, 0.3) is 5.69 Å². The summed E-state index contributed by atoms with van der Waals surface area (Å²) >= 11 is 6.34. The van der Waals surface area contributed by atoms with Gasteiger partial charge in [0.15, 0.2) is 11.7 Å². The Bertz CT molecular complexity index is 1200. The van der Waals surface area contributed by atoms with Crippen LogP contribution >= 0.6 is 11.6 Å². The van der Waals surface area contributed by atoms with Gasteiger partial charge in [-0.2, -0.15) is 0 Å². The molecule has 1 aliphatic carbocycles. The van der Waals surface area contributed by atoms with Crippen LogP contribution < -0.4 is 0 Å². The molecule has 3 heterocycles. The lowest BCUT2D eigenvalue weighted by Gasteiger charge is -2.26. The van der Waals surface area contributed by atoms with Gasteiger partial charge < -0.3 is 9.15 Å². The van der Waals surface area contributed by atoms with E-state index in [0.717, 1.165) is 60.2 Å². The summed E-state index contributed by atoms with van der Waals surface area (Å²) in [5.74, 6) is 3.96. The van der Waals surface area contributed by atoms with Gasteiger partial charge in [-0.25, -0.2) is 9.78 Å². The summed E-state index contributed by atoms with van der Waals surface area (Å²) in [6.07, 6.45) is 5.34. The Labute approximate surface area is 204 Å². The number of aromatic nitrogens is 4. The normalized spacial score (nSPS) is 20.4. The Hall–Kier alpha value is -2.87. The first-order chi connectivity index (χ1) is 16.2. The second-order valence-electron chi connectivity index (χ2n) is 10.3. The molecule has 1 amide bonds. The van der Waals surface area contributed by atoms with Crippen LogP contribution in [0.15, 0.2) is 28.8 Å². The van der Waals surface area contributed by atoms with E-state index in [2.05, 4.69) is 19.7 Å². The number of hydrogen-bond donors (Lipinski definition) is 0. The summed E-state index contributed by atoms with van der Waals surface area (Å²) in [6.45, 7) is 8.24. The van der Waals surface area contributed by atoms with E-state index in [4.69, 9.17) is 20.8 Å². The van der Waals surface area contributed by atoms with Crippen LogP contribution in [0.1, 0.15) is 87.2 Å². The fraction of sp³-hybridized carbons (Fsp3) is 0.520. The first-order valence-electron chi connectivity index (χ1n) is 11.8. The maximum absolute atomic E-state index is 13.0. The van der Waals surface area contributed by atoms with E-state index in [1.165, 1.54) is 0 Å². The zero-order chi connectivity index (χ0) is 24.0. The molecule has 5 rings (SSSR count). The minimum Gasteiger partial charge on any atom is -0.446 e. The zero-order valence-electron chi connectivity index (χ0n) is 20.0. The van der Waals surface area contributed by atoms with Crippen LogP contribution in [0, 0.1) is 6.92 Å². The molecule has 180 valence electrons. The van der Waals surface area contributed by atoms with E-state index >= 15 is 0 Å². The van der Waals surface area contributed by atoms with Gasteiger partial charge in [-0.1, -0.05) is 11.6 Å². The molecular formula is C25H30ClN5O3. The fourth-order valence-corrected chi connectivity index (χ4v) is 5.10. The third-order valence-corrected chi connectivity index (χ3v) is 6.70. The average molecular weight is 484 g/mol. The van der Waals surface area contributed by atoms with Crippen LogP contribution in [0.5, 0.6) is 0 Å². The minimum atomic E-state index is -0.584. The van der Waals surface area contributed by atoms with Crippen molar-refractivity contribution in [2.24, 2.45) is 0 Å². The number of rotatable bonds is 2. The van der Waals surface area contributed by atoms with Crippen molar-refractivity contribution in [2.75, 3.05) is 0 Å². The number of carbonyl (C=O) groups is 1. The molecule has 0 unspecified atom stereocenters. The zero-order valence-corrected chi connectivity index (χ0v) is 20.8. The van der Waals surface area contributed by atoms with Gasteiger partial charge in [0, 0.05) is 16.9 Å². The highest BCUT2D eigenvalue weighted by Crippen LogP contribution is 2.41. The van der Waals surface area contributed by atoms with Gasteiger partial charge in [0.2, 0.25) is 0 Å². The van der Waals surface area contributed by atoms with Gasteiger partial charge in [-0.15, -0.1) is 10.2 Å². The van der Waals surface area contributed by atoms with Gasteiger partial charge in [0.25, 0.3) is 0 Å². The summed E-state index contributed by atoms with van der Waals surface area (Å²) in [7, 11) is 0. The maximum Gasteiger partial charge on any atom is 0.411 e. The molecule has 2 aromatic heterocycles. The topological polar surface area (TPSA) is 86.3 Å². The molecule has 9 heteroatoms. The lowest BCUT2D eigenvalue weighted by atomic mass is 9.81. The van der Waals surface area contributed by atoms with E-state index in [-0.39, 0.29) is 12.0 Å². The Balaban J connectivity index is 1.44. The molecular weight excluding hydrogens is 454 g/mol. The van der Waals surface area contributed by atoms with Crippen molar-refractivity contribution in [2.45, 2.75) is 83.9 Å². The second-order valence-corrected chi connectivity index (χ2v) is 10.7. The number of halogens is 1. The summed E-state index contributed by atoms with van der Waals surface area (Å²) in [6, 6.07) is 5.78. The highest BCUT2D eigenvalue weighted by Gasteiger charge is 2.34. The average Bonchev–Trinajstić information content (AvgIpc) is 3.35. The molecule has 1 aliphatic heterocycles. The van der Waals surface area contributed by atoms with Crippen molar-refractivity contribution in [3.63, 3.8) is 0 Å². The van der Waals surface area contributed by atoms with Crippen molar-refractivity contribution in [1.82, 2.24) is 24.6 Å². The van der Waals surface area contributed by atoms with E-state index < -0.39 is 5.60 Å². The molecule has 2 aliphatic rings. The Morgan fingerprint density at radius 3 is 2.53 bits per heavy atom. The predicted octanol–water partition coefficient (Wildman–Crippen LogP) is 5.91. The predicted molar refractivity (Wildman–Crippen MR) is 127 cm³/mol. The number of hydrogen-bond acceptors (Lipinski definition) is 6. The molecule has 0 spiro atoms. The van der Waals surface area contributed by atoms with Crippen LogP contribution in [0.3, 0.4) is 0 Å². The molecule has 0 radical (unpaired) electrons. The van der Waals surface area contributed by atoms with Crippen molar-refractivity contribution in [3.8, 4) is 5.69 Å². The van der Waals surface area contributed by atoms with Gasteiger partial charge in [0.05, 0.1) is 25.0 Å². The molecule has 8 nitrogen and oxygen atoms in total. The Morgan fingerprint density at radius 1 is 1.12 bits per heavy atom. The number of nitrogens with zero attached hydrogens (tertiary/aromatic N) is 5. The number of amides is 1. The van der Waals surface area contributed by atoms with Crippen LogP contribution in [-0.2, 0) is 17.8 Å². The molecule has 3 aromatic rings. The third kappa shape index (κ3) is 4.56. The summed E-state index contributed by atoms with van der Waals surface area (Å²) < 4.78 is 13.6. The quantitative estimate of drug-likeness (QED) is 0.450. The molecule has 0 bridgehead atoms. The molecule has 1 fully saturated rings. The lowest BCUT2D eigenvalue weighted by Crippen LogP contribution is -2.35. The number of fused-ring (bicyclic) bond motifs is 3. The van der Waals surface area contributed by atoms with E-state index in [1.807, 2.05) is 45.9 Å². The first-order valence-corrected chi connectivity index (χ1v) is 12.2. The van der Waals surface area contributed by atoms with Gasteiger partial charge in [0.1, 0.15) is 17.2 Å². The molecule has 0 N–H and O–H groups in total. The van der Waals surface area contributed by atoms with Crippen molar-refractivity contribution in [3.05, 3.63) is 58.3 Å². The van der Waals surface area contributed by atoms with E-state index in [1.54, 1.807) is 11.1 Å². The number of carbonyl (C=O) groups excluding carboxylic acids is 1. The minimum absolute atomic E-state index is 0.269. The molecule has 1 saturated carbocycles. The molecule has 0 atom stereocenters. The number of oxazole rings is 1. The fourth-order valence-electron chi connectivity index (χ4n) is 4.91. The van der Waals surface area contributed by atoms with Crippen molar-refractivity contribution >= 4 is 17.7 Å². The van der Waals surface area contributed by atoms with E-state index in [0.29, 0.717) is 24.0 Å². The third-order valence-electron chi connectivity index (χ3n) is 6.46. The highest BCUT2D eigenvalue weighted by atomic mass is 35.5. The van der Waals surface area contributed by atoms with Crippen LogP contribution in [-0.4, -0.2) is 36.3 Å². The van der Waals surface area contributed by atoms with Gasteiger partial charge in [-0.05, 0) is 77.1 Å².